The summed E-state index contributed by atoms with van der Waals surface area (Å²) in [5, 5.41) is 10.8. The molecule has 19 heavy (non-hydrogen) atoms. The Balaban J connectivity index is 3.46. The molecule has 1 aromatic rings. The van der Waals surface area contributed by atoms with Gasteiger partial charge in [0.05, 0.1) is 4.92 Å². The Hall–Kier alpha value is -1.54. The van der Waals surface area contributed by atoms with Gasteiger partial charge in [-0.3, -0.25) is 10.1 Å². The Bertz CT molecular complexity index is 588. The van der Waals surface area contributed by atoms with Crippen molar-refractivity contribution in [2.75, 3.05) is 7.05 Å². The summed E-state index contributed by atoms with van der Waals surface area (Å²) in [6, 6.07) is 2.70. The van der Waals surface area contributed by atoms with Gasteiger partial charge < -0.3 is 0 Å². The van der Waals surface area contributed by atoms with Crippen molar-refractivity contribution in [2.45, 2.75) is 31.2 Å². The maximum atomic E-state index is 13.5. The van der Waals surface area contributed by atoms with Crippen molar-refractivity contribution >= 4 is 15.7 Å². The minimum Gasteiger partial charge on any atom is -0.258 e. The van der Waals surface area contributed by atoms with E-state index in [1.165, 1.54) is 7.05 Å². The molecular formula is C11H15FN2O4S. The van der Waals surface area contributed by atoms with E-state index in [0.29, 0.717) is 6.42 Å². The molecule has 0 bridgehead atoms. The molecule has 0 aromatic heterocycles. The van der Waals surface area contributed by atoms with Crippen LogP contribution in [0.5, 0.6) is 0 Å². The molecule has 8 heteroatoms. The molecule has 0 fully saturated rings. The Labute approximate surface area is 111 Å². The summed E-state index contributed by atoms with van der Waals surface area (Å²) in [4.78, 5) is 9.19. The number of hydrogen-bond acceptors (Lipinski definition) is 4. The van der Waals surface area contributed by atoms with Crippen LogP contribution in [0.3, 0.4) is 0 Å². The van der Waals surface area contributed by atoms with Gasteiger partial charge in [-0.15, -0.1) is 0 Å². The summed E-state index contributed by atoms with van der Waals surface area (Å²) in [5.41, 5.74) is -1.02. The largest absolute Gasteiger partial charge is 0.324 e. The predicted molar refractivity (Wildman–Crippen MR) is 67.8 cm³/mol. The highest BCUT2D eigenvalue weighted by Gasteiger charge is 2.33. The molecule has 0 saturated carbocycles. The molecule has 0 spiro atoms. The monoisotopic (exact) mass is 290 g/mol. The van der Waals surface area contributed by atoms with Crippen LogP contribution in [0, 0.1) is 15.9 Å². The van der Waals surface area contributed by atoms with Crippen LogP contribution in [-0.2, 0) is 10.0 Å². The fourth-order valence-corrected chi connectivity index (χ4v) is 3.13. The second kappa shape index (κ2) is 5.62. The average molecular weight is 290 g/mol. The summed E-state index contributed by atoms with van der Waals surface area (Å²) in [7, 11) is -2.78. The normalized spacial score (nSPS) is 13.5. The zero-order chi connectivity index (χ0) is 14.8. The molecule has 1 atom stereocenters. The van der Waals surface area contributed by atoms with Crippen LogP contribution in [0.25, 0.3) is 0 Å². The molecule has 0 amide bonds. The second-order valence-electron chi connectivity index (χ2n) is 4.12. The van der Waals surface area contributed by atoms with E-state index in [2.05, 4.69) is 0 Å². The molecule has 0 saturated heterocycles. The summed E-state index contributed by atoms with van der Waals surface area (Å²) >= 11 is 0. The lowest BCUT2D eigenvalue weighted by molar-refractivity contribution is -0.390. The number of nitro benzene ring substituents is 1. The first-order valence-corrected chi connectivity index (χ1v) is 7.08. The second-order valence-corrected chi connectivity index (χ2v) is 6.09. The van der Waals surface area contributed by atoms with Crippen LogP contribution in [0.15, 0.2) is 23.1 Å². The lowest BCUT2D eigenvalue weighted by Crippen LogP contribution is -2.35. The van der Waals surface area contributed by atoms with Gasteiger partial charge >= 0.3 is 5.69 Å². The molecule has 6 nitrogen and oxygen atoms in total. The van der Waals surface area contributed by atoms with Gasteiger partial charge in [0.1, 0.15) is 0 Å². The van der Waals surface area contributed by atoms with Gasteiger partial charge in [-0.05, 0) is 25.5 Å². The van der Waals surface area contributed by atoms with E-state index in [-0.39, 0.29) is 6.04 Å². The fourth-order valence-electron chi connectivity index (χ4n) is 1.53. The van der Waals surface area contributed by atoms with Crippen LogP contribution in [0.2, 0.25) is 0 Å². The lowest BCUT2D eigenvalue weighted by Gasteiger charge is -2.22. The average Bonchev–Trinajstić information content (AvgIpc) is 2.35. The Morgan fingerprint density at radius 2 is 2.05 bits per heavy atom. The third-order valence-electron chi connectivity index (χ3n) is 3.00. The quantitative estimate of drug-likeness (QED) is 0.614. The first kappa shape index (κ1) is 15.5. The van der Waals surface area contributed by atoms with Crippen LogP contribution >= 0.6 is 0 Å². The van der Waals surface area contributed by atoms with E-state index < -0.39 is 31.3 Å². The molecule has 106 valence electrons. The van der Waals surface area contributed by atoms with E-state index in [1.807, 2.05) is 0 Å². The third kappa shape index (κ3) is 2.90. The van der Waals surface area contributed by atoms with Gasteiger partial charge in [-0.25, -0.2) is 8.42 Å². The SMILES string of the molecule is CCC(C)N(C)S(=O)(=O)c1cccc(F)c1[N+](=O)[O-]. The van der Waals surface area contributed by atoms with Gasteiger partial charge in [0.15, 0.2) is 4.90 Å². The zero-order valence-electron chi connectivity index (χ0n) is 10.8. The summed E-state index contributed by atoms with van der Waals surface area (Å²) in [6.45, 7) is 3.46. The van der Waals surface area contributed by atoms with Crippen molar-refractivity contribution < 1.29 is 17.7 Å². The molecular weight excluding hydrogens is 275 g/mol. The van der Waals surface area contributed by atoms with Crippen LogP contribution in [0.1, 0.15) is 20.3 Å². The minimum atomic E-state index is -4.10. The Morgan fingerprint density at radius 1 is 1.47 bits per heavy atom. The standard InChI is InChI=1S/C11H15FN2O4S/c1-4-8(2)13(3)19(17,18)10-7-5-6-9(12)11(10)14(15)16/h5-8H,4H2,1-3H3. The van der Waals surface area contributed by atoms with Gasteiger partial charge in [0.25, 0.3) is 0 Å². The van der Waals surface area contributed by atoms with Gasteiger partial charge in [0, 0.05) is 13.1 Å². The topological polar surface area (TPSA) is 80.5 Å². The number of para-hydroxylation sites is 1. The molecule has 1 rings (SSSR count). The minimum absolute atomic E-state index is 0.340. The molecule has 0 aliphatic rings. The van der Waals surface area contributed by atoms with Gasteiger partial charge in [-0.2, -0.15) is 8.70 Å². The number of sulfonamides is 1. The van der Waals surface area contributed by atoms with E-state index >= 15 is 0 Å². The predicted octanol–water partition coefficient (Wildman–Crippen LogP) is 2.15. The Kier molecular flexibility index (Phi) is 4.59. The van der Waals surface area contributed by atoms with E-state index in [4.69, 9.17) is 0 Å². The highest BCUT2D eigenvalue weighted by molar-refractivity contribution is 7.89. The smallest absolute Gasteiger partial charge is 0.258 e. The molecule has 0 aliphatic carbocycles. The van der Waals surface area contributed by atoms with Crippen molar-refractivity contribution in [3.63, 3.8) is 0 Å². The maximum absolute atomic E-state index is 13.5. The summed E-state index contributed by atoms with van der Waals surface area (Å²) in [6.07, 6.45) is 0.541. The number of nitrogens with zero attached hydrogens (tertiary/aromatic N) is 2. The van der Waals surface area contributed by atoms with Crippen molar-refractivity contribution in [1.82, 2.24) is 4.31 Å². The molecule has 0 aliphatic heterocycles. The number of hydrogen-bond donors (Lipinski definition) is 0. The van der Waals surface area contributed by atoms with Gasteiger partial charge in [0.2, 0.25) is 15.8 Å². The van der Waals surface area contributed by atoms with Crippen molar-refractivity contribution in [3.8, 4) is 0 Å². The summed E-state index contributed by atoms with van der Waals surface area (Å²) in [5.74, 6) is -1.16. The molecule has 0 N–H and O–H groups in total. The van der Waals surface area contributed by atoms with Crippen molar-refractivity contribution in [3.05, 3.63) is 34.1 Å². The highest BCUT2D eigenvalue weighted by Crippen LogP contribution is 2.29. The Morgan fingerprint density at radius 3 is 2.53 bits per heavy atom. The van der Waals surface area contributed by atoms with Crippen LogP contribution < -0.4 is 0 Å². The molecule has 1 unspecified atom stereocenters. The lowest BCUT2D eigenvalue weighted by atomic mass is 10.3. The molecule has 0 radical (unpaired) electrons. The first-order valence-electron chi connectivity index (χ1n) is 5.64. The number of halogens is 1. The highest BCUT2D eigenvalue weighted by atomic mass is 32.2. The van der Waals surface area contributed by atoms with Crippen LogP contribution in [-0.4, -0.2) is 30.7 Å². The fraction of sp³-hybridized carbons (Fsp3) is 0.455. The van der Waals surface area contributed by atoms with E-state index in [9.17, 15) is 22.9 Å². The molecule has 0 heterocycles. The zero-order valence-corrected chi connectivity index (χ0v) is 11.6. The molecule has 1 aromatic carbocycles. The van der Waals surface area contributed by atoms with E-state index in [1.54, 1.807) is 13.8 Å². The number of rotatable bonds is 5. The van der Waals surface area contributed by atoms with Crippen molar-refractivity contribution in [2.24, 2.45) is 0 Å². The van der Waals surface area contributed by atoms with Crippen LogP contribution in [0.4, 0.5) is 10.1 Å². The van der Waals surface area contributed by atoms with E-state index in [0.717, 1.165) is 22.5 Å². The first-order chi connectivity index (χ1) is 8.73. The third-order valence-corrected chi connectivity index (χ3v) is 5.00. The summed E-state index contributed by atoms with van der Waals surface area (Å²) < 4.78 is 39.0. The number of benzene rings is 1. The van der Waals surface area contributed by atoms with Crippen molar-refractivity contribution in [1.29, 1.82) is 0 Å². The number of nitro groups is 1. The van der Waals surface area contributed by atoms with Gasteiger partial charge in [-0.1, -0.05) is 13.0 Å². The maximum Gasteiger partial charge on any atom is 0.324 e.